The zero-order chi connectivity index (χ0) is 22.3. The third-order valence-electron chi connectivity index (χ3n) is 6.08. The van der Waals surface area contributed by atoms with Gasteiger partial charge in [-0.05, 0) is 30.4 Å². The number of amides is 4. The van der Waals surface area contributed by atoms with Crippen molar-refractivity contribution in [3.8, 4) is 0 Å². The molecule has 3 aliphatic rings. The van der Waals surface area contributed by atoms with E-state index in [4.69, 9.17) is 4.74 Å². The number of fused-ring (bicyclic) bond motifs is 5. The summed E-state index contributed by atoms with van der Waals surface area (Å²) in [7, 11) is 0. The maximum atomic E-state index is 12.8. The Morgan fingerprint density at radius 1 is 0.968 bits per heavy atom. The third-order valence-corrected chi connectivity index (χ3v) is 9.29. The minimum Gasteiger partial charge on any atom is -0.454 e. The number of esters is 1. The van der Waals surface area contributed by atoms with Crippen LogP contribution in [0.4, 0.5) is 0 Å². The molecule has 1 aliphatic heterocycles. The second kappa shape index (κ2) is 8.70. The van der Waals surface area contributed by atoms with Crippen molar-refractivity contribution in [1.29, 1.82) is 0 Å². The number of hydrogen-bond donors (Lipinski definition) is 2. The Bertz CT molecular complexity index is 910. The number of nitrogens with one attached hydrogen (secondary N) is 2. The smallest absolute Gasteiger partial charge is 0.326 e. The second-order valence-corrected chi connectivity index (χ2v) is 9.91. The van der Waals surface area contributed by atoms with E-state index < -0.39 is 42.8 Å². The summed E-state index contributed by atoms with van der Waals surface area (Å²) in [6.45, 7) is -1.19. The summed E-state index contributed by atoms with van der Waals surface area (Å²) in [6, 6.07) is 8.24. The third kappa shape index (κ3) is 4.00. The molecule has 6 atom stereocenters. The van der Waals surface area contributed by atoms with Gasteiger partial charge in [-0.3, -0.25) is 39.7 Å². The first-order chi connectivity index (χ1) is 14.8. The number of nitrogens with zero attached hydrogens (tertiary/aromatic N) is 1. The van der Waals surface area contributed by atoms with Crippen LogP contribution in [0.1, 0.15) is 16.8 Å². The predicted molar refractivity (Wildman–Crippen MR) is 114 cm³/mol. The molecule has 1 aromatic rings. The van der Waals surface area contributed by atoms with Crippen molar-refractivity contribution >= 4 is 61.5 Å². The molecule has 0 spiro atoms. The summed E-state index contributed by atoms with van der Waals surface area (Å²) in [5.74, 6) is -3.59. The molecule has 1 heterocycles. The van der Waals surface area contributed by atoms with E-state index in [0.717, 1.165) is 11.3 Å². The molecule has 4 rings (SSSR count). The number of hydrazine groups is 1. The van der Waals surface area contributed by atoms with Crippen LogP contribution in [-0.2, 0) is 23.9 Å². The lowest BCUT2D eigenvalue weighted by Crippen LogP contribution is -2.44. The van der Waals surface area contributed by atoms with Crippen LogP contribution in [0.5, 0.6) is 0 Å². The van der Waals surface area contributed by atoms with Gasteiger partial charge in [0, 0.05) is 15.2 Å². The van der Waals surface area contributed by atoms with Crippen molar-refractivity contribution in [1.82, 2.24) is 15.8 Å². The minimum absolute atomic E-state index is 0.0517. The van der Waals surface area contributed by atoms with E-state index in [-0.39, 0.29) is 33.3 Å². The lowest BCUT2D eigenvalue weighted by molar-refractivity contribution is -0.155. The van der Waals surface area contributed by atoms with Gasteiger partial charge < -0.3 is 4.74 Å². The molecule has 164 valence electrons. The quantitative estimate of drug-likeness (QED) is 0.239. The predicted octanol–water partition coefficient (Wildman–Crippen LogP) is 0.769. The maximum Gasteiger partial charge on any atom is 0.326 e. The van der Waals surface area contributed by atoms with Crippen molar-refractivity contribution in [2.75, 3.05) is 13.2 Å². The van der Waals surface area contributed by atoms with Gasteiger partial charge in [0.15, 0.2) is 6.61 Å². The zero-order valence-electron chi connectivity index (χ0n) is 16.1. The number of benzene rings is 1. The van der Waals surface area contributed by atoms with Crippen LogP contribution in [0.15, 0.2) is 30.3 Å². The van der Waals surface area contributed by atoms with Gasteiger partial charge in [0.05, 0.1) is 11.8 Å². The van der Waals surface area contributed by atoms with Crippen LogP contribution in [0.3, 0.4) is 0 Å². The summed E-state index contributed by atoms with van der Waals surface area (Å²) in [6.07, 6.45) is 0.797. The summed E-state index contributed by atoms with van der Waals surface area (Å²) < 4.78 is 4.87. The number of carbonyl (C=O) groups is 5. The first kappa shape index (κ1) is 21.9. The Labute approximate surface area is 194 Å². The number of alkyl halides is 2. The van der Waals surface area contributed by atoms with E-state index in [1.54, 1.807) is 30.3 Å². The van der Waals surface area contributed by atoms with Crippen LogP contribution in [-0.4, -0.2) is 57.3 Å². The molecule has 2 aliphatic carbocycles. The standard InChI is InChI=1S/C20H19Br2N3O6/c21-16-10-6-11(17(16)22)15-14(10)19(29)25(20(15)30)7-13(27)31-8-12(26)23-24-18(28)9-4-2-1-3-5-9/h1-5,10-11,14-17H,6-8H2,(H,23,26)(H,24,28)/t10-,11-,14-,15-,16+,17+/m1/s1. The molecule has 31 heavy (non-hydrogen) atoms. The number of likely N-dealkylation sites (tertiary alicyclic amines) is 1. The number of hydrogen-bond acceptors (Lipinski definition) is 6. The SMILES string of the molecule is O=C(COC(=O)CN1C(=O)[C@@H]2[C@H]3C[C@@H]([C@H](Br)[C@H]3Br)[C@H]2C1=O)NNC(=O)c1ccccc1. The molecule has 2 N–H and O–H groups in total. The summed E-state index contributed by atoms with van der Waals surface area (Å²) >= 11 is 7.20. The average Bonchev–Trinajstić information content (AvgIpc) is 3.37. The number of halogens is 2. The molecule has 1 saturated heterocycles. The first-order valence-electron chi connectivity index (χ1n) is 9.72. The van der Waals surface area contributed by atoms with Crippen LogP contribution >= 0.6 is 31.9 Å². The van der Waals surface area contributed by atoms with E-state index in [0.29, 0.717) is 5.56 Å². The Morgan fingerprint density at radius 3 is 2.13 bits per heavy atom. The van der Waals surface area contributed by atoms with E-state index in [2.05, 4.69) is 42.7 Å². The fraction of sp³-hybridized carbons (Fsp3) is 0.450. The molecule has 2 bridgehead atoms. The van der Waals surface area contributed by atoms with Crippen LogP contribution in [0.25, 0.3) is 0 Å². The molecule has 0 unspecified atom stereocenters. The lowest BCUT2D eigenvalue weighted by atomic mass is 9.81. The van der Waals surface area contributed by atoms with E-state index >= 15 is 0 Å². The number of imide groups is 1. The normalized spacial score (nSPS) is 30.8. The van der Waals surface area contributed by atoms with Crippen molar-refractivity contribution in [2.24, 2.45) is 23.7 Å². The highest BCUT2D eigenvalue weighted by molar-refractivity contribution is 9.12. The van der Waals surface area contributed by atoms with Gasteiger partial charge in [-0.2, -0.15) is 0 Å². The molecule has 4 amide bonds. The Balaban J connectivity index is 1.25. The maximum absolute atomic E-state index is 12.8. The van der Waals surface area contributed by atoms with Crippen molar-refractivity contribution in [2.45, 2.75) is 16.1 Å². The average molecular weight is 557 g/mol. The molecular formula is C20H19Br2N3O6. The molecule has 0 aromatic heterocycles. The van der Waals surface area contributed by atoms with Gasteiger partial charge in [0.2, 0.25) is 11.8 Å². The summed E-state index contributed by atoms with van der Waals surface area (Å²) in [5, 5.41) is 0. The highest BCUT2D eigenvalue weighted by atomic mass is 79.9. The summed E-state index contributed by atoms with van der Waals surface area (Å²) in [4.78, 5) is 62.5. The van der Waals surface area contributed by atoms with Gasteiger partial charge in [-0.15, -0.1) is 0 Å². The monoisotopic (exact) mass is 555 g/mol. The van der Waals surface area contributed by atoms with E-state index in [1.165, 1.54) is 0 Å². The van der Waals surface area contributed by atoms with Crippen LogP contribution in [0.2, 0.25) is 0 Å². The van der Waals surface area contributed by atoms with Crippen molar-refractivity contribution in [3.05, 3.63) is 35.9 Å². The molecule has 3 fully saturated rings. The molecular weight excluding hydrogens is 538 g/mol. The number of rotatable bonds is 5. The molecule has 2 saturated carbocycles. The Hall–Kier alpha value is -2.27. The van der Waals surface area contributed by atoms with Gasteiger partial charge in [0.1, 0.15) is 6.54 Å². The van der Waals surface area contributed by atoms with Gasteiger partial charge >= 0.3 is 5.97 Å². The minimum atomic E-state index is -0.871. The fourth-order valence-electron chi connectivity index (χ4n) is 4.71. The fourth-order valence-corrected chi connectivity index (χ4v) is 6.58. The van der Waals surface area contributed by atoms with Crippen LogP contribution in [0, 0.1) is 23.7 Å². The lowest BCUT2D eigenvalue weighted by Gasteiger charge is -2.28. The summed E-state index contributed by atoms with van der Waals surface area (Å²) in [5.41, 5.74) is 4.69. The molecule has 1 aromatic carbocycles. The van der Waals surface area contributed by atoms with Crippen molar-refractivity contribution < 1.29 is 28.7 Å². The highest BCUT2D eigenvalue weighted by Crippen LogP contribution is 2.60. The first-order valence-corrected chi connectivity index (χ1v) is 11.6. The second-order valence-electron chi connectivity index (χ2n) is 7.80. The van der Waals surface area contributed by atoms with E-state index in [1.807, 2.05) is 0 Å². The number of carbonyl (C=O) groups excluding carboxylic acids is 5. The molecule has 9 nitrogen and oxygen atoms in total. The molecule has 0 radical (unpaired) electrons. The number of ether oxygens (including phenoxy) is 1. The van der Waals surface area contributed by atoms with Gasteiger partial charge in [-0.25, -0.2) is 0 Å². The Morgan fingerprint density at radius 2 is 1.55 bits per heavy atom. The van der Waals surface area contributed by atoms with Crippen molar-refractivity contribution in [3.63, 3.8) is 0 Å². The van der Waals surface area contributed by atoms with Gasteiger partial charge in [-0.1, -0.05) is 50.1 Å². The van der Waals surface area contributed by atoms with Crippen LogP contribution < -0.4 is 10.9 Å². The largest absolute Gasteiger partial charge is 0.454 e. The highest BCUT2D eigenvalue weighted by Gasteiger charge is 2.66. The van der Waals surface area contributed by atoms with Gasteiger partial charge in [0.25, 0.3) is 11.8 Å². The molecule has 11 heteroatoms. The topological polar surface area (TPSA) is 122 Å². The Kier molecular flexibility index (Phi) is 6.16. The zero-order valence-corrected chi connectivity index (χ0v) is 19.3. The van der Waals surface area contributed by atoms with E-state index in [9.17, 15) is 24.0 Å².